The molecule has 142 valence electrons. The summed E-state index contributed by atoms with van der Waals surface area (Å²) in [6, 6.07) is 16.6. The molecule has 2 aromatic rings. The smallest absolute Gasteiger partial charge is 0.239 e. The fraction of sp³-hybridized carbons (Fsp3) is 0.333. The van der Waals surface area contributed by atoms with Crippen LogP contribution in [0.15, 0.2) is 54.6 Å². The fourth-order valence-electron chi connectivity index (χ4n) is 3.21. The summed E-state index contributed by atoms with van der Waals surface area (Å²) in [5, 5.41) is 2.89. The number of benzene rings is 2. The molecule has 2 aromatic carbocycles. The van der Waals surface area contributed by atoms with Gasteiger partial charge in [-0.05, 0) is 55.8 Å². The Hall–Kier alpha value is -2.86. The van der Waals surface area contributed by atoms with Gasteiger partial charge in [-0.2, -0.15) is 0 Å². The van der Waals surface area contributed by atoms with Crippen LogP contribution in [0.25, 0.3) is 0 Å². The average Bonchev–Trinajstić information content (AvgIpc) is 3.11. The number of carbonyl (C=O) groups excluding carboxylic acids is 2. The molecule has 1 heterocycles. The van der Waals surface area contributed by atoms with E-state index in [9.17, 15) is 9.59 Å². The molecule has 1 aliphatic heterocycles. The van der Waals surface area contributed by atoms with Crippen molar-refractivity contribution in [2.45, 2.75) is 18.9 Å². The number of nitrogens with zero attached hydrogens (tertiary/aromatic N) is 2. The number of likely N-dealkylation sites (tertiary alicyclic amines) is 1. The number of nitrogens with one attached hydrogen (secondary N) is 1. The van der Waals surface area contributed by atoms with E-state index in [4.69, 9.17) is 4.74 Å². The standard InChI is InChI=1S/C21H25N3O3/c1-23(2)21(26)19-9-6-14-24(19)15-20(25)22-16-10-12-18(13-11-16)27-17-7-4-3-5-8-17/h3-5,7-8,10-13,19H,6,9,14-15H2,1-2H3,(H,22,25). The van der Waals surface area contributed by atoms with Crippen LogP contribution in [0.5, 0.6) is 11.5 Å². The van der Waals surface area contributed by atoms with Crippen molar-refractivity contribution in [1.29, 1.82) is 0 Å². The van der Waals surface area contributed by atoms with E-state index in [1.807, 2.05) is 59.5 Å². The molecule has 0 spiro atoms. The SMILES string of the molecule is CN(C)C(=O)C1CCCN1CC(=O)Nc1ccc(Oc2ccccc2)cc1. The largest absolute Gasteiger partial charge is 0.457 e. The highest BCUT2D eigenvalue weighted by Gasteiger charge is 2.32. The summed E-state index contributed by atoms with van der Waals surface area (Å²) in [4.78, 5) is 28.1. The maximum absolute atomic E-state index is 12.4. The number of hydrogen-bond acceptors (Lipinski definition) is 4. The second kappa shape index (κ2) is 8.68. The molecule has 2 amide bonds. The summed E-state index contributed by atoms with van der Waals surface area (Å²) < 4.78 is 5.75. The first-order valence-corrected chi connectivity index (χ1v) is 9.11. The molecule has 0 radical (unpaired) electrons. The summed E-state index contributed by atoms with van der Waals surface area (Å²) in [6.07, 6.45) is 1.73. The van der Waals surface area contributed by atoms with Crippen molar-refractivity contribution >= 4 is 17.5 Å². The maximum Gasteiger partial charge on any atom is 0.239 e. The van der Waals surface area contributed by atoms with Crippen molar-refractivity contribution in [3.8, 4) is 11.5 Å². The molecule has 0 aliphatic carbocycles. The molecular weight excluding hydrogens is 342 g/mol. The number of para-hydroxylation sites is 1. The van der Waals surface area contributed by atoms with Gasteiger partial charge in [0.15, 0.2) is 0 Å². The summed E-state index contributed by atoms with van der Waals surface area (Å²) in [6.45, 7) is 0.980. The normalized spacial score (nSPS) is 16.7. The summed E-state index contributed by atoms with van der Waals surface area (Å²) in [7, 11) is 3.50. The molecule has 0 bridgehead atoms. The molecule has 1 N–H and O–H groups in total. The molecule has 1 saturated heterocycles. The Kier molecular flexibility index (Phi) is 6.08. The lowest BCUT2D eigenvalue weighted by Crippen LogP contribution is -2.45. The van der Waals surface area contributed by atoms with Gasteiger partial charge in [-0.15, -0.1) is 0 Å². The van der Waals surface area contributed by atoms with Gasteiger partial charge >= 0.3 is 0 Å². The summed E-state index contributed by atoms with van der Waals surface area (Å²) >= 11 is 0. The van der Waals surface area contributed by atoms with Crippen molar-refractivity contribution < 1.29 is 14.3 Å². The maximum atomic E-state index is 12.4. The first kappa shape index (κ1) is 18.9. The quantitative estimate of drug-likeness (QED) is 0.853. The fourth-order valence-corrected chi connectivity index (χ4v) is 3.21. The minimum Gasteiger partial charge on any atom is -0.457 e. The van der Waals surface area contributed by atoms with Gasteiger partial charge in [-0.3, -0.25) is 14.5 Å². The molecular formula is C21H25N3O3. The number of hydrogen-bond donors (Lipinski definition) is 1. The Balaban J connectivity index is 1.54. The molecule has 3 rings (SSSR count). The van der Waals surface area contributed by atoms with Crippen LogP contribution >= 0.6 is 0 Å². The first-order valence-electron chi connectivity index (χ1n) is 9.11. The van der Waals surface area contributed by atoms with Crippen molar-refractivity contribution in [2.24, 2.45) is 0 Å². The Bertz CT molecular complexity index is 775. The summed E-state index contributed by atoms with van der Waals surface area (Å²) in [5.41, 5.74) is 0.704. The minimum atomic E-state index is -0.201. The molecule has 0 aromatic heterocycles. The van der Waals surface area contributed by atoms with Gasteiger partial charge in [0.1, 0.15) is 11.5 Å². The highest BCUT2D eigenvalue weighted by atomic mass is 16.5. The Morgan fingerprint density at radius 2 is 1.74 bits per heavy atom. The van der Waals surface area contributed by atoms with Crippen molar-refractivity contribution in [1.82, 2.24) is 9.80 Å². The molecule has 1 atom stereocenters. The molecule has 6 heteroatoms. The van der Waals surface area contributed by atoms with Crippen molar-refractivity contribution in [3.05, 3.63) is 54.6 Å². The van der Waals surface area contributed by atoms with E-state index < -0.39 is 0 Å². The highest BCUT2D eigenvalue weighted by Crippen LogP contribution is 2.23. The van der Waals surface area contributed by atoms with Gasteiger partial charge in [0.25, 0.3) is 0 Å². The molecule has 27 heavy (non-hydrogen) atoms. The van der Waals surface area contributed by atoms with Gasteiger partial charge in [-0.1, -0.05) is 18.2 Å². The number of anilines is 1. The van der Waals surface area contributed by atoms with E-state index in [2.05, 4.69) is 5.32 Å². The second-order valence-electron chi connectivity index (χ2n) is 6.85. The van der Waals surface area contributed by atoms with Crippen LogP contribution in [0.4, 0.5) is 5.69 Å². The molecule has 1 unspecified atom stereocenters. The number of rotatable bonds is 6. The monoisotopic (exact) mass is 367 g/mol. The summed E-state index contributed by atoms with van der Waals surface area (Å²) in [5.74, 6) is 1.41. The molecule has 0 saturated carbocycles. The predicted molar refractivity (Wildman–Crippen MR) is 105 cm³/mol. The second-order valence-corrected chi connectivity index (χ2v) is 6.85. The van der Waals surface area contributed by atoms with Crippen LogP contribution in [-0.2, 0) is 9.59 Å². The molecule has 1 aliphatic rings. The van der Waals surface area contributed by atoms with Gasteiger partial charge in [0, 0.05) is 19.8 Å². The molecule has 1 fully saturated rings. The average molecular weight is 367 g/mol. The molecule has 6 nitrogen and oxygen atoms in total. The van der Waals surface area contributed by atoms with Gasteiger partial charge < -0.3 is 15.0 Å². The van der Waals surface area contributed by atoms with Crippen molar-refractivity contribution in [3.63, 3.8) is 0 Å². The van der Waals surface area contributed by atoms with Crippen LogP contribution in [0.3, 0.4) is 0 Å². The lowest BCUT2D eigenvalue weighted by atomic mass is 10.2. The number of amides is 2. The third-order valence-electron chi connectivity index (χ3n) is 4.55. The van der Waals surface area contributed by atoms with Gasteiger partial charge in [0.05, 0.1) is 12.6 Å². The van der Waals surface area contributed by atoms with E-state index in [-0.39, 0.29) is 24.4 Å². The third-order valence-corrected chi connectivity index (χ3v) is 4.55. The predicted octanol–water partition coefficient (Wildman–Crippen LogP) is 2.97. The zero-order valence-electron chi connectivity index (χ0n) is 15.7. The number of likely N-dealkylation sites (N-methyl/N-ethyl adjacent to an activating group) is 1. The zero-order valence-corrected chi connectivity index (χ0v) is 15.7. The van der Waals surface area contributed by atoms with E-state index >= 15 is 0 Å². The van der Waals surface area contributed by atoms with Crippen LogP contribution in [0.1, 0.15) is 12.8 Å². The Morgan fingerprint density at radius 1 is 1.07 bits per heavy atom. The number of carbonyl (C=O) groups is 2. The lowest BCUT2D eigenvalue weighted by Gasteiger charge is -2.25. The van der Waals surface area contributed by atoms with E-state index in [1.165, 1.54) is 0 Å². The van der Waals surface area contributed by atoms with E-state index in [0.29, 0.717) is 11.4 Å². The first-order chi connectivity index (χ1) is 13.0. The van der Waals surface area contributed by atoms with E-state index in [0.717, 1.165) is 25.1 Å². The third kappa shape index (κ3) is 5.08. The van der Waals surface area contributed by atoms with Gasteiger partial charge in [-0.25, -0.2) is 0 Å². The Morgan fingerprint density at radius 3 is 2.41 bits per heavy atom. The topological polar surface area (TPSA) is 61.9 Å². The van der Waals surface area contributed by atoms with Crippen LogP contribution < -0.4 is 10.1 Å². The Labute approximate surface area is 159 Å². The van der Waals surface area contributed by atoms with Crippen LogP contribution in [0.2, 0.25) is 0 Å². The van der Waals surface area contributed by atoms with Crippen LogP contribution in [0, 0.1) is 0 Å². The van der Waals surface area contributed by atoms with E-state index in [1.54, 1.807) is 19.0 Å². The zero-order chi connectivity index (χ0) is 19.2. The van der Waals surface area contributed by atoms with Gasteiger partial charge in [0.2, 0.25) is 11.8 Å². The highest BCUT2D eigenvalue weighted by molar-refractivity contribution is 5.93. The van der Waals surface area contributed by atoms with Crippen LogP contribution in [-0.4, -0.2) is 54.8 Å². The lowest BCUT2D eigenvalue weighted by molar-refractivity contribution is -0.133. The van der Waals surface area contributed by atoms with Crippen molar-refractivity contribution in [2.75, 3.05) is 32.5 Å². The minimum absolute atomic E-state index is 0.0581. The number of ether oxygens (including phenoxy) is 1.